The zero-order valence-corrected chi connectivity index (χ0v) is 6.93. The van der Waals surface area contributed by atoms with Gasteiger partial charge in [-0.1, -0.05) is 6.92 Å². The Balaban J connectivity index is -0.000000196. The molecule has 7 heteroatoms. The lowest BCUT2D eigenvalue weighted by Crippen LogP contribution is -2.03. The summed E-state index contributed by atoms with van der Waals surface area (Å²) in [7, 11) is -4.19. The van der Waals surface area contributed by atoms with E-state index < -0.39 is 10.4 Å². The minimum absolute atomic E-state index is 0. The molecule has 0 radical (unpaired) electrons. The van der Waals surface area contributed by atoms with Crippen LogP contribution in [0.3, 0.4) is 0 Å². The molecule has 0 aliphatic carbocycles. The first-order valence-electron chi connectivity index (χ1n) is 2.47. The molecule has 0 aliphatic heterocycles. The molecule has 6 nitrogen and oxygen atoms in total. The van der Waals surface area contributed by atoms with E-state index in [1.54, 1.807) is 6.92 Å². The lowest BCUT2D eigenvalue weighted by molar-refractivity contribution is -0.0979. The molecule has 0 bridgehead atoms. The second kappa shape index (κ2) is 9.50. The quantitative estimate of drug-likeness (QED) is 0.583. The Morgan fingerprint density at radius 3 is 1.91 bits per heavy atom. The number of hydrogen-bond acceptors (Lipinski definition) is 4. The Morgan fingerprint density at radius 2 is 1.82 bits per heavy atom. The summed E-state index contributed by atoms with van der Waals surface area (Å²) in [5.74, 6) is 0. The smallest absolute Gasteiger partial charge is 0.397 e. The first-order chi connectivity index (χ1) is 4.56. The van der Waals surface area contributed by atoms with Gasteiger partial charge in [-0.2, -0.15) is 8.42 Å². The second-order valence-electron chi connectivity index (χ2n) is 1.25. The van der Waals surface area contributed by atoms with Crippen molar-refractivity contribution in [2.24, 2.45) is 0 Å². The van der Waals surface area contributed by atoms with Gasteiger partial charge in [0.05, 0.1) is 6.61 Å². The van der Waals surface area contributed by atoms with E-state index in [1.807, 2.05) is 6.79 Å². The first kappa shape index (κ1) is 16.8. The summed E-state index contributed by atoms with van der Waals surface area (Å²) >= 11 is 0. The van der Waals surface area contributed by atoms with Crippen LogP contribution < -0.4 is 0 Å². The minimum Gasteiger partial charge on any atom is -0.412 e. The maximum Gasteiger partial charge on any atom is 0.397 e. The van der Waals surface area contributed by atoms with E-state index in [1.165, 1.54) is 0 Å². The van der Waals surface area contributed by atoms with E-state index in [9.17, 15) is 8.42 Å². The summed E-state index contributed by atoms with van der Waals surface area (Å²) < 4.78 is 31.3. The van der Waals surface area contributed by atoms with Gasteiger partial charge in [0.2, 0.25) is 0 Å². The molecular formula is C4H12O6S. The highest BCUT2D eigenvalue weighted by atomic mass is 32.3. The van der Waals surface area contributed by atoms with Gasteiger partial charge in [-0.15, -0.1) is 0 Å². The van der Waals surface area contributed by atoms with Gasteiger partial charge in [0.15, 0.2) is 0 Å². The Bertz CT molecular complexity index is 150. The topological polar surface area (TPSA) is 112 Å². The van der Waals surface area contributed by atoms with Crippen molar-refractivity contribution in [1.82, 2.24) is 0 Å². The molecule has 0 amide bonds. The third-order valence-electron chi connectivity index (χ3n) is 0.436. The van der Waals surface area contributed by atoms with Crippen molar-refractivity contribution < 1.29 is 27.4 Å². The molecule has 0 fully saturated rings. The van der Waals surface area contributed by atoms with Crippen LogP contribution in [0.2, 0.25) is 0 Å². The summed E-state index contributed by atoms with van der Waals surface area (Å²) in [5.41, 5.74) is 0. The standard InChI is InChI=1S/C3H8O4S.CH2O.H2O/c1-2-3-7-8(4,5)6;1-2;/h2-3H2,1H3,(H,4,5,6);1H2;1H2. The summed E-state index contributed by atoms with van der Waals surface area (Å²) in [6.45, 7) is 3.78. The van der Waals surface area contributed by atoms with Gasteiger partial charge in [0.25, 0.3) is 0 Å². The highest BCUT2D eigenvalue weighted by Gasteiger charge is 1.99. The third-order valence-corrected chi connectivity index (χ3v) is 0.901. The average molecular weight is 188 g/mol. The zero-order valence-electron chi connectivity index (χ0n) is 6.11. The van der Waals surface area contributed by atoms with Gasteiger partial charge in [0, 0.05) is 0 Å². The Morgan fingerprint density at radius 1 is 1.45 bits per heavy atom. The molecule has 0 atom stereocenters. The summed E-state index contributed by atoms with van der Waals surface area (Å²) in [5, 5.41) is 0. The molecule has 0 aromatic carbocycles. The largest absolute Gasteiger partial charge is 0.412 e. The van der Waals surface area contributed by atoms with Gasteiger partial charge >= 0.3 is 10.4 Å². The molecule has 0 heterocycles. The second-order valence-corrected chi connectivity index (χ2v) is 2.34. The molecule has 0 aliphatic rings. The van der Waals surface area contributed by atoms with Crippen molar-refractivity contribution in [2.45, 2.75) is 13.3 Å². The van der Waals surface area contributed by atoms with Crippen molar-refractivity contribution in [3.63, 3.8) is 0 Å². The fourth-order valence-corrected chi connectivity index (χ4v) is 0.566. The van der Waals surface area contributed by atoms with Crippen LogP contribution in [0, 0.1) is 0 Å². The van der Waals surface area contributed by atoms with Crippen LogP contribution in [0.25, 0.3) is 0 Å². The number of carbonyl (C=O) groups excluding carboxylic acids is 1. The van der Waals surface area contributed by atoms with Crippen molar-refractivity contribution in [2.75, 3.05) is 6.61 Å². The van der Waals surface area contributed by atoms with E-state index in [0.717, 1.165) is 0 Å². The number of hydrogen-bond donors (Lipinski definition) is 1. The maximum absolute atomic E-state index is 9.72. The minimum atomic E-state index is -4.19. The summed E-state index contributed by atoms with van der Waals surface area (Å²) in [4.78, 5) is 8.00. The molecule has 0 saturated carbocycles. The van der Waals surface area contributed by atoms with Crippen molar-refractivity contribution in [3.05, 3.63) is 0 Å². The molecule has 0 spiro atoms. The molecule has 11 heavy (non-hydrogen) atoms. The molecule has 3 N–H and O–H groups in total. The van der Waals surface area contributed by atoms with E-state index >= 15 is 0 Å². The van der Waals surface area contributed by atoms with E-state index in [0.29, 0.717) is 6.42 Å². The van der Waals surface area contributed by atoms with Crippen LogP contribution in [-0.2, 0) is 19.4 Å². The molecular weight excluding hydrogens is 176 g/mol. The van der Waals surface area contributed by atoms with E-state index in [4.69, 9.17) is 9.35 Å². The van der Waals surface area contributed by atoms with Gasteiger partial charge in [-0.05, 0) is 6.42 Å². The molecule has 0 rings (SSSR count). The van der Waals surface area contributed by atoms with Crippen LogP contribution in [0.4, 0.5) is 0 Å². The predicted molar refractivity (Wildman–Crippen MR) is 38.5 cm³/mol. The normalized spacial score (nSPS) is 8.91. The molecule has 0 aromatic rings. The highest BCUT2D eigenvalue weighted by Crippen LogP contribution is 1.86. The molecule has 0 unspecified atom stereocenters. The number of carbonyl (C=O) groups is 1. The Labute approximate surface area is 65.4 Å². The highest BCUT2D eigenvalue weighted by molar-refractivity contribution is 7.80. The number of rotatable bonds is 3. The lowest BCUT2D eigenvalue weighted by atomic mass is 10.5. The van der Waals surface area contributed by atoms with Crippen LogP contribution >= 0.6 is 0 Å². The van der Waals surface area contributed by atoms with Gasteiger partial charge in [-0.3, -0.25) is 4.55 Å². The van der Waals surface area contributed by atoms with Crippen molar-refractivity contribution >= 4 is 17.2 Å². The van der Waals surface area contributed by atoms with E-state index in [-0.39, 0.29) is 12.1 Å². The van der Waals surface area contributed by atoms with E-state index in [2.05, 4.69) is 4.18 Å². The Kier molecular flexibility index (Phi) is 14.5. The lowest BCUT2D eigenvalue weighted by Gasteiger charge is -1.92. The monoisotopic (exact) mass is 188 g/mol. The fraction of sp³-hybridized carbons (Fsp3) is 0.750. The van der Waals surface area contributed by atoms with Crippen molar-refractivity contribution in [3.8, 4) is 0 Å². The first-order valence-corrected chi connectivity index (χ1v) is 3.83. The van der Waals surface area contributed by atoms with Gasteiger partial charge in [0.1, 0.15) is 6.79 Å². The van der Waals surface area contributed by atoms with Crippen molar-refractivity contribution in [1.29, 1.82) is 0 Å². The Hall–Kier alpha value is -0.500. The van der Waals surface area contributed by atoms with Crippen LogP contribution in [-0.4, -0.2) is 31.8 Å². The predicted octanol–water partition coefficient (Wildman–Crippen LogP) is -0.794. The fourth-order valence-electron chi connectivity index (χ4n) is 0.189. The zero-order chi connectivity index (χ0) is 8.62. The summed E-state index contributed by atoms with van der Waals surface area (Å²) in [6.07, 6.45) is 0.569. The SMILES string of the molecule is C=O.CCCOS(=O)(=O)O.O. The summed E-state index contributed by atoms with van der Waals surface area (Å²) in [6, 6.07) is 0. The van der Waals surface area contributed by atoms with Gasteiger partial charge in [-0.25, -0.2) is 4.18 Å². The maximum atomic E-state index is 9.72. The third kappa shape index (κ3) is 26.4. The molecule has 0 aromatic heterocycles. The molecule has 70 valence electrons. The van der Waals surface area contributed by atoms with Crippen LogP contribution in [0.1, 0.15) is 13.3 Å². The van der Waals surface area contributed by atoms with Gasteiger partial charge < -0.3 is 10.3 Å². The van der Waals surface area contributed by atoms with Crippen LogP contribution in [0.15, 0.2) is 0 Å². The van der Waals surface area contributed by atoms with Crippen LogP contribution in [0.5, 0.6) is 0 Å². The molecule has 0 saturated heterocycles. The average Bonchev–Trinajstić information content (AvgIpc) is 1.87.